The summed E-state index contributed by atoms with van der Waals surface area (Å²) < 4.78 is 85.2. The van der Waals surface area contributed by atoms with E-state index in [1.165, 1.54) is 16.8 Å². The van der Waals surface area contributed by atoms with Crippen LogP contribution in [0.25, 0.3) is 0 Å². The Labute approximate surface area is 228 Å². The van der Waals surface area contributed by atoms with Crippen molar-refractivity contribution in [3.05, 3.63) is 39.9 Å². The van der Waals surface area contributed by atoms with E-state index >= 15 is 0 Å². The number of nitrogens with zero attached hydrogens (tertiary/aromatic N) is 6. The van der Waals surface area contributed by atoms with E-state index in [2.05, 4.69) is 10.1 Å². The number of carbonyl (C=O) groups excluding carboxylic acids is 2. The van der Waals surface area contributed by atoms with Gasteiger partial charge in [-0.25, -0.2) is 10.1 Å². The quantitative estimate of drug-likeness (QED) is 0.402. The van der Waals surface area contributed by atoms with Crippen LogP contribution in [0.4, 0.5) is 43.5 Å². The third kappa shape index (κ3) is 5.41. The van der Waals surface area contributed by atoms with Crippen molar-refractivity contribution in [2.24, 2.45) is 0 Å². The SMILES string of the molecule is CN1C(=O)[C@@H]2CN(C(=O)CCOC[C@@H]3CCN3c3cn[nH]c(=O)c3C(F)(F)F)CCN2c2ncc(C(F)(F)F)cc21. The minimum Gasteiger partial charge on any atom is -0.379 e. The van der Waals surface area contributed by atoms with Crippen LogP contribution in [0.15, 0.2) is 23.3 Å². The topological polar surface area (TPSA) is 115 Å². The number of alkyl halides is 6. The monoisotopic (exact) mass is 589 g/mol. The zero-order valence-corrected chi connectivity index (χ0v) is 21.6. The Hall–Kier alpha value is -3.89. The molecule has 5 heterocycles. The summed E-state index contributed by atoms with van der Waals surface area (Å²) in [5.74, 6) is -0.547. The van der Waals surface area contributed by atoms with Gasteiger partial charge < -0.3 is 24.3 Å². The number of nitrogens with one attached hydrogen (secondary N) is 1. The average molecular weight is 589 g/mol. The van der Waals surface area contributed by atoms with E-state index in [0.717, 1.165) is 17.2 Å². The molecule has 3 aliphatic rings. The molecule has 41 heavy (non-hydrogen) atoms. The van der Waals surface area contributed by atoms with Crippen molar-refractivity contribution >= 4 is 29.0 Å². The summed E-state index contributed by atoms with van der Waals surface area (Å²) in [4.78, 5) is 47.1. The molecule has 0 spiro atoms. The van der Waals surface area contributed by atoms with Gasteiger partial charge in [-0.3, -0.25) is 14.4 Å². The minimum absolute atomic E-state index is 0.0102. The molecule has 2 atom stereocenters. The summed E-state index contributed by atoms with van der Waals surface area (Å²) in [5, 5.41) is 5.28. The van der Waals surface area contributed by atoms with Crippen molar-refractivity contribution in [2.45, 2.75) is 37.3 Å². The Morgan fingerprint density at radius 1 is 1.05 bits per heavy atom. The van der Waals surface area contributed by atoms with E-state index < -0.39 is 47.0 Å². The van der Waals surface area contributed by atoms with Gasteiger partial charge in [0.15, 0.2) is 5.82 Å². The van der Waals surface area contributed by atoms with E-state index in [4.69, 9.17) is 4.74 Å². The standard InChI is InChI=1S/C24H25F6N7O4/c1-34-15-8-13(23(25,26)27)9-31-20(15)37-6-5-35(11-17(37)22(34)40)18(38)3-7-41-12-14-2-4-36(14)16-10-32-33-21(39)19(16)24(28,29)30/h8-10,14,17H,2-7,11-12H2,1H3,(H,33,39)/t14-,17-/m0/s1. The largest absolute Gasteiger partial charge is 0.423 e. The Morgan fingerprint density at radius 2 is 1.80 bits per heavy atom. The van der Waals surface area contributed by atoms with Crippen LogP contribution in [0.3, 0.4) is 0 Å². The van der Waals surface area contributed by atoms with Crippen molar-refractivity contribution < 1.29 is 40.7 Å². The summed E-state index contributed by atoms with van der Waals surface area (Å²) in [5.41, 5.74) is -3.92. The number of aromatic amines is 1. The summed E-state index contributed by atoms with van der Waals surface area (Å²) in [7, 11) is 1.36. The molecule has 3 aliphatic heterocycles. The maximum atomic E-state index is 13.4. The molecular weight excluding hydrogens is 564 g/mol. The molecule has 0 unspecified atom stereocenters. The van der Waals surface area contributed by atoms with Crippen LogP contribution in [0, 0.1) is 0 Å². The molecule has 0 radical (unpaired) electrons. The fraction of sp³-hybridized carbons (Fsp3) is 0.542. The van der Waals surface area contributed by atoms with Crippen LogP contribution in [-0.2, 0) is 26.7 Å². The number of piperazine rings is 1. The molecule has 0 aromatic carbocycles. The lowest BCUT2D eigenvalue weighted by molar-refractivity contribution is -0.139. The number of hydrogen-bond donors (Lipinski definition) is 1. The number of pyridine rings is 1. The molecule has 2 amide bonds. The smallest absolute Gasteiger partial charge is 0.379 e. The van der Waals surface area contributed by atoms with Gasteiger partial charge in [0.2, 0.25) is 5.91 Å². The Balaban J connectivity index is 1.15. The van der Waals surface area contributed by atoms with Crippen molar-refractivity contribution in [1.82, 2.24) is 20.1 Å². The highest BCUT2D eigenvalue weighted by Gasteiger charge is 2.44. The second-order valence-electron chi connectivity index (χ2n) is 9.93. The fourth-order valence-electron chi connectivity index (χ4n) is 5.23. The molecule has 222 valence electrons. The van der Waals surface area contributed by atoms with Gasteiger partial charge in [-0.05, 0) is 12.5 Å². The van der Waals surface area contributed by atoms with E-state index in [9.17, 15) is 40.7 Å². The summed E-state index contributed by atoms with van der Waals surface area (Å²) in [6.45, 7) is 0.693. The van der Waals surface area contributed by atoms with Crippen LogP contribution in [0.1, 0.15) is 24.0 Å². The highest BCUT2D eigenvalue weighted by Crippen LogP contribution is 2.40. The Kier molecular flexibility index (Phi) is 7.33. The fourth-order valence-corrected chi connectivity index (χ4v) is 5.23. The number of amides is 2. The summed E-state index contributed by atoms with van der Waals surface area (Å²) in [6, 6.07) is -0.367. The van der Waals surface area contributed by atoms with Gasteiger partial charge >= 0.3 is 12.4 Å². The number of hydrogen-bond acceptors (Lipinski definition) is 8. The first kappa shape index (κ1) is 28.6. The molecule has 1 N–H and O–H groups in total. The van der Waals surface area contributed by atoms with Gasteiger partial charge in [-0.1, -0.05) is 0 Å². The number of H-pyrrole nitrogens is 1. The molecule has 17 heteroatoms. The first-order valence-corrected chi connectivity index (χ1v) is 12.7. The number of anilines is 3. The zero-order chi connectivity index (χ0) is 29.7. The maximum absolute atomic E-state index is 13.4. The third-order valence-electron chi connectivity index (χ3n) is 7.50. The molecule has 2 saturated heterocycles. The predicted molar refractivity (Wildman–Crippen MR) is 131 cm³/mol. The molecule has 0 saturated carbocycles. The number of rotatable bonds is 6. The van der Waals surface area contributed by atoms with E-state index in [0.29, 0.717) is 12.6 Å². The van der Waals surface area contributed by atoms with Crippen molar-refractivity contribution in [1.29, 1.82) is 0 Å². The van der Waals surface area contributed by atoms with Crippen LogP contribution < -0.4 is 20.3 Å². The lowest BCUT2D eigenvalue weighted by Crippen LogP contribution is -2.63. The van der Waals surface area contributed by atoms with Crippen molar-refractivity contribution in [2.75, 3.05) is 61.1 Å². The van der Waals surface area contributed by atoms with Crippen LogP contribution in [0.2, 0.25) is 0 Å². The number of ether oxygens (including phenoxy) is 1. The molecular formula is C24H25F6N7O4. The molecule has 5 rings (SSSR count). The lowest BCUT2D eigenvalue weighted by atomic mass is 10.0. The number of halogens is 6. The van der Waals surface area contributed by atoms with Crippen LogP contribution in [0.5, 0.6) is 0 Å². The first-order chi connectivity index (χ1) is 19.3. The van der Waals surface area contributed by atoms with Gasteiger partial charge in [-0.15, -0.1) is 0 Å². The number of carbonyl (C=O) groups is 2. The van der Waals surface area contributed by atoms with E-state index in [1.54, 1.807) is 10.00 Å². The van der Waals surface area contributed by atoms with Gasteiger partial charge in [0.25, 0.3) is 11.5 Å². The molecule has 0 aliphatic carbocycles. The molecule has 0 bridgehead atoms. The number of likely N-dealkylation sites (N-methyl/N-ethyl adjacent to an activating group) is 1. The molecule has 11 nitrogen and oxygen atoms in total. The first-order valence-electron chi connectivity index (χ1n) is 12.7. The summed E-state index contributed by atoms with van der Waals surface area (Å²) >= 11 is 0. The third-order valence-corrected chi connectivity index (χ3v) is 7.50. The Bertz CT molecular complexity index is 1400. The predicted octanol–water partition coefficient (Wildman–Crippen LogP) is 1.88. The number of aromatic nitrogens is 3. The number of fused-ring (bicyclic) bond motifs is 3. The van der Waals surface area contributed by atoms with Crippen molar-refractivity contribution in [3.8, 4) is 0 Å². The summed E-state index contributed by atoms with van der Waals surface area (Å²) in [6.07, 6.45) is -7.33. The lowest BCUT2D eigenvalue weighted by Gasteiger charge is -2.46. The van der Waals surface area contributed by atoms with E-state index in [1.807, 2.05) is 0 Å². The average Bonchev–Trinajstić information content (AvgIpc) is 2.89. The second-order valence-corrected chi connectivity index (χ2v) is 9.93. The van der Waals surface area contributed by atoms with Crippen molar-refractivity contribution in [3.63, 3.8) is 0 Å². The van der Waals surface area contributed by atoms with Crippen LogP contribution in [-0.4, -0.2) is 90.4 Å². The molecule has 2 aromatic heterocycles. The van der Waals surface area contributed by atoms with Gasteiger partial charge in [0.05, 0.1) is 55.4 Å². The Morgan fingerprint density at radius 3 is 2.46 bits per heavy atom. The van der Waals surface area contributed by atoms with Gasteiger partial charge in [0, 0.05) is 32.9 Å². The highest BCUT2D eigenvalue weighted by molar-refractivity contribution is 6.05. The highest BCUT2D eigenvalue weighted by atomic mass is 19.4. The normalized spacial score (nSPS) is 21.0. The van der Waals surface area contributed by atoms with Crippen LogP contribution >= 0.6 is 0 Å². The minimum atomic E-state index is -4.86. The second kappa shape index (κ2) is 10.5. The van der Waals surface area contributed by atoms with Gasteiger partial charge in [0.1, 0.15) is 11.6 Å². The molecule has 2 fully saturated rings. The maximum Gasteiger partial charge on any atom is 0.423 e. The van der Waals surface area contributed by atoms with E-state index in [-0.39, 0.29) is 68.9 Å². The molecule has 2 aromatic rings. The zero-order valence-electron chi connectivity index (χ0n) is 21.6. The van der Waals surface area contributed by atoms with Gasteiger partial charge in [-0.2, -0.15) is 31.4 Å².